The smallest absolute Gasteiger partial charge is 0.129 e. The summed E-state index contributed by atoms with van der Waals surface area (Å²) in [5, 5.41) is 2.11. The van der Waals surface area contributed by atoms with Gasteiger partial charge in [0, 0.05) is 18.0 Å². The Labute approximate surface area is 135 Å². The molecule has 1 aromatic carbocycles. The molecule has 0 saturated heterocycles. The molecule has 5 heteroatoms. The summed E-state index contributed by atoms with van der Waals surface area (Å²) >= 11 is 6.83. The van der Waals surface area contributed by atoms with Crippen molar-refractivity contribution in [3.8, 4) is 5.75 Å². The Balaban J connectivity index is 2.12. The summed E-state index contributed by atoms with van der Waals surface area (Å²) in [5.74, 6) is 0.743. The zero-order valence-corrected chi connectivity index (χ0v) is 14.0. The molecular weight excluding hydrogens is 300 g/mol. The summed E-state index contributed by atoms with van der Waals surface area (Å²) in [7, 11) is 1.64. The van der Waals surface area contributed by atoms with Crippen LogP contribution in [0.4, 0.5) is 0 Å². The maximum Gasteiger partial charge on any atom is 0.129 e. The highest BCUT2D eigenvalue weighted by Gasteiger charge is 2.10. The average Bonchev–Trinajstić information content (AvgIpc) is 2.99. The molecule has 0 bridgehead atoms. The summed E-state index contributed by atoms with van der Waals surface area (Å²) in [5.41, 5.74) is 7.69. The van der Waals surface area contributed by atoms with Crippen LogP contribution >= 0.6 is 23.6 Å². The molecule has 0 aliphatic heterocycles. The molecule has 0 radical (unpaired) electrons. The van der Waals surface area contributed by atoms with Gasteiger partial charge in [0.15, 0.2) is 0 Å². The van der Waals surface area contributed by atoms with E-state index in [1.54, 1.807) is 18.4 Å². The Bertz CT molecular complexity index is 596. The molecule has 3 nitrogen and oxygen atoms in total. The molecule has 0 amide bonds. The molecule has 1 heterocycles. The molecule has 0 aliphatic carbocycles. The van der Waals surface area contributed by atoms with Crippen LogP contribution in [0.3, 0.4) is 0 Å². The van der Waals surface area contributed by atoms with Crippen molar-refractivity contribution in [3.05, 3.63) is 51.7 Å². The number of rotatable bonds is 7. The second kappa shape index (κ2) is 7.54. The van der Waals surface area contributed by atoms with Gasteiger partial charge in [-0.2, -0.15) is 0 Å². The van der Waals surface area contributed by atoms with E-state index in [4.69, 9.17) is 22.7 Å². The third-order valence-electron chi connectivity index (χ3n) is 3.34. The monoisotopic (exact) mass is 320 g/mol. The highest BCUT2D eigenvalue weighted by Crippen LogP contribution is 2.22. The lowest BCUT2D eigenvalue weighted by Crippen LogP contribution is -2.22. The fraction of sp³-hybridized carbons (Fsp3) is 0.312. The first-order valence-corrected chi connectivity index (χ1v) is 8.14. The zero-order valence-electron chi connectivity index (χ0n) is 12.3. The van der Waals surface area contributed by atoms with E-state index in [9.17, 15) is 0 Å². The van der Waals surface area contributed by atoms with Crippen LogP contribution in [-0.2, 0) is 13.1 Å². The van der Waals surface area contributed by atoms with Crippen LogP contribution in [-0.4, -0.2) is 23.5 Å². The Morgan fingerprint density at radius 2 is 2.14 bits per heavy atom. The fourth-order valence-corrected chi connectivity index (χ4v) is 3.11. The molecule has 0 atom stereocenters. The van der Waals surface area contributed by atoms with Crippen molar-refractivity contribution in [3.63, 3.8) is 0 Å². The van der Waals surface area contributed by atoms with E-state index in [1.807, 2.05) is 12.1 Å². The van der Waals surface area contributed by atoms with E-state index in [0.29, 0.717) is 4.99 Å². The molecule has 0 saturated carbocycles. The van der Waals surface area contributed by atoms with Crippen molar-refractivity contribution in [2.75, 3.05) is 13.7 Å². The number of ether oxygens (including phenoxy) is 1. The highest BCUT2D eigenvalue weighted by molar-refractivity contribution is 7.80. The molecule has 2 aromatic rings. The zero-order chi connectivity index (χ0) is 15.2. The molecule has 0 spiro atoms. The molecule has 0 fully saturated rings. The Hall–Kier alpha value is -1.43. The van der Waals surface area contributed by atoms with Crippen LogP contribution in [0.5, 0.6) is 5.75 Å². The van der Waals surface area contributed by atoms with E-state index >= 15 is 0 Å². The first-order valence-electron chi connectivity index (χ1n) is 6.85. The molecule has 1 aromatic heterocycles. The Kier molecular flexibility index (Phi) is 5.73. The first-order chi connectivity index (χ1) is 10.1. The fourth-order valence-electron chi connectivity index (χ4n) is 2.20. The summed E-state index contributed by atoms with van der Waals surface area (Å²) in [4.78, 5) is 4.13. The minimum absolute atomic E-state index is 0.365. The number of benzene rings is 1. The second-order valence-electron chi connectivity index (χ2n) is 4.78. The topological polar surface area (TPSA) is 38.5 Å². The van der Waals surface area contributed by atoms with E-state index in [-0.39, 0.29) is 0 Å². The number of hydrogen-bond acceptors (Lipinski definition) is 4. The van der Waals surface area contributed by atoms with Gasteiger partial charge in [0.2, 0.25) is 0 Å². The predicted octanol–water partition coefficient (Wildman–Crippen LogP) is 3.41. The van der Waals surface area contributed by atoms with Gasteiger partial charge in [0.1, 0.15) is 10.7 Å². The van der Waals surface area contributed by atoms with Gasteiger partial charge in [0.25, 0.3) is 0 Å². The van der Waals surface area contributed by atoms with Crippen LogP contribution < -0.4 is 10.5 Å². The predicted molar refractivity (Wildman–Crippen MR) is 93.0 cm³/mol. The van der Waals surface area contributed by atoms with Crippen molar-refractivity contribution in [1.82, 2.24) is 4.90 Å². The molecule has 2 N–H and O–H groups in total. The van der Waals surface area contributed by atoms with Crippen LogP contribution in [0, 0.1) is 0 Å². The first kappa shape index (κ1) is 15.9. The minimum atomic E-state index is 0.365. The quantitative estimate of drug-likeness (QED) is 0.794. The van der Waals surface area contributed by atoms with E-state index < -0.39 is 0 Å². The van der Waals surface area contributed by atoms with E-state index in [1.165, 1.54) is 10.4 Å². The number of hydrogen-bond donors (Lipinski definition) is 1. The van der Waals surface area contributed by atoms with Gasteiger partial charge < -0.3 is 10.5 Å². The van der Waals surface area contributed by atoms with Gasteiger partial charge in [0.05, 0.1) is 12.7 Å². The van der Waals surface area contributed by atoms with Crippen LogP contribution in [0.25, 0.3) is 0 Å². The van der Waals surface area contributed by atoms with Crippen LogP contribution in [0.2, 0.25) is 0 Å². The standard InChI is InChI=1S/C16H20N2OS2/c1-3-18(11-13-5-4-8-21-13)10-12-6-7-14(16(17)20)15(9-12)19-2/h4-9H,3,10-11H2,1-2H3,(H2,17,20). The number of nitrogens with two attached hydrogens (primary N) is 1. The van der Waals surface area contributed by atoms with Crippen molar-refractivity contribution >= 4 is 28.5 Å². The number of thiocarbonyl (C=S) groups is 1. The van der Waals surface area contributed by atoms with E-state index in [0.717, 1.165) is 30.9 Å². The second-order valence-corrected chi connectivity index (χ2v) is 6.25. The van der Waals surface area contributed by atoms with Gasteiger partial charge >= 0.3 is 0 Å². The molecule has 0 aliphatic rings. The van der Waals surface area contributed by atoms with Crippen molar-refractivity contribution in [2.45, 2.75) is 20.0 Å². The van der Waals surface area contributed by atoms with Crippen LogP contribution in [0.15, 0.2) is 35.7 Å². The molecule has 21 heavy (non-hydrogen) atoms. The molecule has 0 unspecified atom stereocenters. The highest BCUT2D eigenvalue weighted by atomic mass is 32.1. The number of nitrogens with zero attached hydrogens (tertiary/aromatic N) is 1. The SMILES string of the molecule is CCN(Cc1ccc(C(N)=S)c(OC)c1)Cc1cccs1. The summed E-state index contributed by atoms with van der Waals surface area (Å²) in [6.45, 7) is 5.02. The molecule has 112 valence electrons. The summed E-state index contributed by atoms with van der Waals surface area (Å²) in [6.07, 6.45) is 0. The van der Waals surface area contributed by atoms with Gasteiger partial charge in [-0.15, -0.1) is 11.3 Å². The normalized spacial score (nSPS) is 10.8. The van der Waals surface area contributed by atoms with Crippen molar-refractivity contribution < 1.29 is 4.74 Å². The molecular formula is C16H20N2OS2. The van der Waals surface area contributed by atoms with Gasteiger partial charge in [-0.25, -0.2) is 0 Å². The lowest BCUT2D eigenvalue weighted by Gasteiger charge is -2.20. The third kappa shape index (κ3) is 4.27. The minimum Gasteiger partial charge on any atom is -0.496 e. The Morgan fingerprint density at radius 3 is 2.71 bits per heavy atom. The van der Waals surface area contributed by atoms with Gasteiger partial charge in [-0.3, -0.25) is 4.90 Å². The number of methoxy groups -OCH3 is 1. The summed E-state index contributed by atoms with van der Waals surface area (Å²) < 4.78 is 5.38. The lowest BCUT2D eigenvalue weighted by atomic mass is 10.1. The van der Waals surface area contributed by atoms with Crippen molar-refractivity contribution in [1.29, 1.82) is 0 Å². The number of thiophene rings is 1. The van der Waals surface area contributed by atoms with Gasteiger partial charge in [-0.05, 0) is 35.7 Å². The maximum atomic E-state index is 5.70. The third-order valence-corrected chi connectivity index (χ3v) is 4.43. The lowest BCUT2D eigenvalue weighted by molar-refractivity contribution is 0.273. The molecule has 2 rings (SSSR count). The van der Waals surface area contributed by atoms with Crippen LogP contribution in [0.1, 0.15) is 22.9 Å². The average molecular weight is 320 g/mol. The van der Waals surface area contributed by atoms with Crippen molar-refractivity contribution in [2.24, 2.45) is 5.73 Å². The Morgan fingerprint density at radius 1 is 1.33 bits per heavy atom. The van der Waals surface area contributed by atoms with E-state index in [2.05, 4.69) is 35.4 Å². The van der Waals surface area contributed by atoms with Gasteiger partial charge in [-0.1, -0.05) is 31.3 Å². The summed E-state index contributed by atoms with van der Waals surface area (Å²) in [6, 6.07) is 10.3. The maximum absolute atomic E-state index is 5.70. The largest absolute Gasteiger partial charge is 0.496 e.